The molecule has 0 spiro atoms. The monoisotopic (exact) mass is 314 g/mol. The number of hydrogen-bond donors (Lipinski definition) is 1. The number of nitriles is 1. The topological polar surface area (TPSA) is 52.9 Å². The molecule has 0 aliphatic heterocycles. The summed E-state index contributed by atoms with van der Waals surface area (Å²) in [5, 5.41) is 11.7. The Labute approximate surface area is 132 Å². The summed E-state index contributed by atoms with van der Waals surface area (Å²) in [7, 11) is 0. The van der Waals surface area contributed by atoms with Crippen LogP contribution in [0.1, 0.15) is 10.4 Å². The Bertz CT molecular complexity index is 693. The molecular formula is C16H11ClN2OS. The van der Waals surface area contributed by atoms with E-state index in [-0.39, 0.29) is 16.0 Å². The number of nitrogens with one attached hydrogen (secondary N) is 1. The lowest BCUT2D eigenvalue weighted by Crippen LogP contribution is -2.22. The molecule has 0 heterocycles. The summed E-state index contributed by atoms with van der Waals surface area (Å²) >= 11 is 7.34. The lowest BCUT2D eigenvalue weighted by Gasteiger charge is -2.06. The summed E-state index contributed by atoms with van der Waals surface area (Å²) in [6.45, 7) is 0. The average Bonchev–Trinajstić information content (AvgIpc) is 2.54. The third-order valence-corrected chi connectivity index (χ3v) is 3.85. The zero-order valence-electron chi connectivity index (χ0n) is 10.9. The normalized spacial score (nSPS) is 11.2. The predicted octanol–water partition coefficient (Wildman–Crippen LogP) is 4.14. The summed E-state index contributed by atoms with van der Waals surface area (Å²) in [5.41, 5.74) is 0.513. The van der Waals surface area contributed by atoms with Crippen LogP contribution in [-0.2, 0) is 0 Å². The first-order valence-corrected chi connectivity index (χ1v) is 7.29. The van der Waals surface area contributed by atoms with Crippen molar-refractivity contribution in [3.63, 3.8) is 0 Å². The van der Waals surface area contributed by atoms with Gasteiger partial charge in [0.2, 0.25) is 0 Å². The largest absolute Gasteiger partial charge is 0.311 e. The van der Waals surface area contributed by atoms with E-state index in [4.69, 9.17) is 16.9 Å². The average molecular weight is 315 g/mol. The van der Waals surface area contributed by atoms with Crippen molar-refractivity contribution < 1.29 is 4.79 Å². The number of rotatable bonds is 4. The van der Waals surface area contributed by atoms with Gasteiger partial charge in [-0.05, 0) is 24.3 Å². The number of hydrogen-bond acceptors (Lipinski definition) is 3. The Morgan fingerprint density at radius 2 is 1.62 bits per heavy atom. The second kappa shape index (κ2) is 7.53. The highest BCUT2D eigenvalue weighted by Crippen LogP contribution is 2.30. The maximum absolute atomic E-state index is 12.0. The van der Waals surface area contributed by atoms with E-state index in [9.17, 15) is 4.79 Å². The van der Waals surface area contributed by atoms with Gasteiger partial charge in [-0.25, -0.2) is 0 Å². The van der Waals surface area contributed by atoms with Crippen LogP contribution in [0.3, 0.4) is 0 Å². The molecule has 0 aliphatic rings. The van der Waals surface area contributed by atoms with E-state index in [1.54, 1.807) is 24.3 Å². The number of thioether (sulfide) groups is 1. The van der Waals surface area contributed by atoms with Crippen molar-refractivity contribution in [2.24, 2.45) is 0 Å². The second-order valence-corrected chi connectivity index (χ2v) is 5.68. The van der Waals surface area contributed by atoms with Crippen LogP contribution in [0.25, 0.3) is 0 Å². The molecule has 0 aromatic heterocycles. The minimum absolute atomic E-state index is 0.0411. The number of allylic oxidation sites excluding steroid dienone is 1. The van der Waals surface area contributed by atoms with Gasteiger partial charge in [-0.3, -0.25) is 4.79 Å². The van der Waals surface area contributed by atoms with Gasteiger partial charge in [0, 0.05) is 10.5 Å². The van der Waals surface area contributed by atoms with Gasteiger partial charge < -0.3 is 5.32 Å². The fraction of sp³-hybridized carbons (Fsp3) is 0. The molecule has 1 N–H and O–H groups in total. The van der Waals surface area contributed by atoms with E-state index in [1.165, 1.54) is 11.8 Å². The number of benzene rings is 2. The van der Waals surface area contributed by atoms with Crippen LogP contribution in [0.15, 0.2) is 75.6 Å². The van der Waals surface area contributed by atoms with Gasteiger partial charge in [0.1, 0.15) is 16.1 Å². The molecular weight excluding hydrogens is 304 g/mol. The first kappa shape index (κ1) is 15.2. The minimum atomic E-state index is -0.362. The van der Waals surface area contributed by atoms with Gasteiger partial charge in [0.05, 0.1) is 0 Å². The molecule has 5 heteroatoms. The van der Waals surface area contributed by atoms with Crippen molar-refractivity contribution >= 4 is 29.3 Å². The van der Waals surface area contributed by atoms with Gasteiger partial charge in [-0.2, -0.15) is 5.26 Å². The predicted molar refractivity (Wildman–Crippen MR) is 84.7 cm³/mol. The lowest BCUT2D eigenvalue weighted by molar-refractivity contribution is 0.0967. The molecule has 0 unspecified atom stereocenters. The van der Waals surface area contributed by atoms with E-state index in [0.29, 0.717) is 5.56 Å². The standard InChI is InChI=1S/C16H11ClN2OS/c17-15(21-13-9-5-2-6-10-13)14(11-18)19-16(20)12-7-3-1-4-8-12/h1-10H,(H,19,20)/b15-14-. The number of amides is 1. The number of carbonyl (C=O) groups excluding carboxylic acids is 1. The first-order valence-electron chi connectivity index (χ1n) is 6.10. The zero-order valence-corrected chi connectivity index (χ0v) is 12.5. The Morgan fingerprint density at radius 3 is 2.19 bits per heavy atom. The van der Waals surface area contributed by atoms with Crippen LogP contribution in [0.4, 0.5) is 0 Å². The minimum Gasteiger partial charge on any atom is -0.311 e. The maximum Gasteiger partial charge on any atom is 0.256 e. The third kappa shape index (κ3) is 4.38. The van der Waals surface area contributed by atoms with E-state index < -0.39 is 0 Å². The van der Waals surface area contributed by atoms with Gasteiger partial charge >= 0.3 is 0 Å². The Balaban J connectivity index is 2.14. The zero-order chi connectivity index (χ0) is 15.1. The number of nitrogens with zero attached hydrogens (tertiary/aromatic N) is 1. The Hall–Kier alpha value is -2.22. The van der Waals surface area contributed by atoms with Crippen molar-refractivity contribution in [3.8, 4) is 6.07 Å². The molecule has 0 aliphatic carbocycles. The molecule has 0 saturated carbocycles. The van der Waals surface area contributed by atoms with E-state index in [0.717, 1.165) is 4.90 Å². The van der Waals surface area contributed by atoms with Crippen LogP contribution in [0.5, 0.6) is 0 Å². The molecule has 0 radical (unpaired) electrons. The summed E-state index contributed by atoms with van der Waals surface area (Å²) < 4.78 is 0.230. The van der Waals surface area contributed by atoms with Gasteiger partial charge in [0.25, 0.3) is 5.91 Å². The van der Waals surface area contributed by atoms with Crippen molar-refractivity contribution in [1.82, 2.24) is 5.32 Å². The number of halogens is 1. The van der Waals surface area contributed by atoms with Crippen molar-refractivity contribution in [2.45, 2.75) is 4.90 Å². The quantitative estimate of drug-likeness (QED) is 0.681. The van der Waals surface area contributed by atoms with E-state index in [1.807, 2.05) is 42.5 Å². The van der Waals surface area contributed by atoms with Gasteiger partial charge in [-0.15, -0.1) is 0 Å². The lowest BCUT2D eigenvalue weighted by atomic mass is 10.2. The summed E-state index contributed by atoms with van der Waals surface area (Å²) in [6, 6.07) is 20.0. The SMILES string of the molecule is N#C/C(NC(=O)c1ccccc1)=C(\Cl)Sc1ccccc1. The van der Waals surface area contributed by atoms with Gasteiger partial charge in [-0.1, -0.05) is 59.8 Å². The first-order chi connectivity index (χ1) is 10.2. The molecule has 104 valence electrons. The van der Waals surface area contributed by atoms with Crippen molar-refractivity contribution in [3.05, 3.63) is 76.3 Å². The summed E-state index contributed by atoms with van der Waals surface area (Å²) in [5.74, 6) is -0.362. The van der Waals surface area contributed by atoms with E-state index in [2.05, 4.69) is 5.32 Å². The Morgan fingerprint density at radius 1 is 1.05 bits per heavy atom. The molecule has 0 saturated heterocycles. The van der Waals surface area contributed by atoms with Crippen molar-refractivity contribution in [2.75, 3.05) is 0 Å². The second-order valence-electron chi connectivity index (χ2n) is 4.00. The highest BCUT2D eigenvalue weighted by Gasteiger charge is 2.11. The van der Waals surface area contributed by atoms with Crippen LogP contribution in [0, 0.1) is 11.3 Å². The summed E-state index contributed by atoms with van der Waals surface area (Å²) in [6.07, 6.45) is 0. The summed E-state index contributed by atoms with van der Waals surface area (Å²) in [4.78, 5) is 12.9. The van der Waals surface area contributed by atoms with Crippen LogP contribution >= 0.6 is 23.4 Å². The van der Waals surface area contributed by atoms with Gasteiger partial charge in [0.15, 0.2) is 0 Å². The van der Waals surface area contributed by atoms with Crippen molar-refractivity contribution in [1.29, 1.82) is 5.26 Å². The Kier molecular flexibility index (Phi) is 5.44. The molecule has 2 aromatic rings. The molecule has 21 heavy (non-hydrogen) atoms. The third-order valence-electron chi connectivity index (χ3n) is 2.53. The van der Waals surface area contributed by atoms with Crippen LogP contribution in [0.2, 0.25) is 0 Å². The molecule has 2 rings (SSSR count). The smallest absolute Gasteiger partial charge is 0.256 e. The van der Waals surface area contributed by atoms with Crippen LogP contribution < -0.4 is 5.32 Å². The van der Waals surface area contributed by atoms with Crippen LogP contribution in [-0.4, -0.2) is 5.91 Å². The highest BCUT2D eigenvalue weighted by molar-refractivity contribution is 8.04. The van der Waals surface area contributed by atoms with E-state index >= 15 is 0 Å². The fourth-order valence-corrected chi connectivity index (χ4v) is 2.59. The molecule has 0 fully saturated rings. The fourth-order valence-electron chi connectivity index (χ4n) is 1.54. The number of carbonyl (C=O) groups is 1. The molecule has 0 bridgehead atoms. The molecule has 2 aromatic carbocycles. The highest BCUT2D eigenvalue weighted by atomic mass is 35.5. The molecule has 3 nitrogen and oxygen atoms in total. The molecule has 1 amide bonds. The maximum atomic E-state index is 12.0. The molecule has 0 atom stereocenters.